The van der Waals surface area contributed by atoms with Gasteiger partial charge in [0.25, 0.3) is 0 Å². The normalized spacial score (nSPS) is 47.5. The Morgan fingerprint density at radius 3 is 2.65 bits per heavy atom. The second-order valence-corrected chi connectivity index (χ2v) is 13.5. The standard InChI is InChI=1S/C35H50O8/c1-8-22(4)30-24(6)29(36)18-34(43-30)17-27-16-26(42-34)13-12-21(3)14-20(2)10-9-11-25-19-40-32-31(39-7)23(5)15-28(33(37)41-27)35(25,32)38/h8-12,15,20,24,26-32,36,38H,13-14,16-19H2,1-7H3/b10-9+,21-12-,22-8+,25-11-/t20-,24-,26?,27?,28?,29-,30+,31+,32?,34?,35+/m0/s1. The minimum atomic E-state index is -1.61. The Hall–Kier alpha value is -2.07. The van der Waals surface area contributed by atoms with Crippen LogP contribution >= 0.6 is 0 Å². The average Bonchev–Trinajstić information content (AvgIpc) is 3.29. The lowest BCUT2D eigenvalue weighted by Gasteiger charge is -2.51. The van der Waals surface area contributed by atoms with E-state index in [9.17, 15) is 15.0 Å². The van der Waals surface area contributed by atoms with Gasteiger partial charge in [-0.1, -0.05) is 55.9 Å². The molecule has 11 atom stereocenters. The lowest BCUT2D eigenvalue weighted by Crippen LogP contribution is -2.59. The van der Waals surface area contributed by atoms with Crippen LogP contribution in [-0.4, -0.2) is 77.9 Å². The third-order valence-electron chi connectivity index (χ3n) is 10.2. The molecule has 4 aliphatic heterocycles. The van der Waals surface area contributed by atoms with Crippen molar-refractivity contribution in [2.24, 2.45) is 17.8 Å². The third kappa shape index (κ3) is 6.24. The number of methoxy groups -OCH3 is 1. The Balaban J connectivity index is 1.54. The summed E-state index contributed by atoms with van der Waals surface area (Å²) in [6.07, 6.45) is 11.6. The highest BCUT2D eigenvalue weighted by atomic mass is 16.7. The van der Waals surface area contributed by atoms with E-state index in [0.717, 1.165) is 17.6 Å². The molecule has 2 N–H and O–H groups in total. The third-order valence-corrected chi connectivity index (χ3v) is 10.2. The van der Waals surface area contributed by atoms with Crippen molar-refractivity contribution in [3.05, 3.63) is 58.7 Å². The summed E-state index contributed by atoms with van der Waals surface area (Å²) in [6.45, 7) is 12.3. The first-order valence-corrected chi connectivity index (χ1v) is 15.9. The van der Waals surface area contributed by atoms with E-state index in [1.807, 2.05) is 45.9 Å². The van der Waals surface area contributed by atoms with Crippen molar-refractivity contribution >= 4 is 5.97 Å². The predicted molar refractivity (Wildman–Crippen MR) is 163 cm³/mol. The molecule has 0 saturated carbocycles. The van der Waals surface area contributed by atoms with Crippen LogP contribution in [0.25, 0.3) is 0 Å². The molecule has 5 unspecified atom stereocenters. The second-order valence-electron chi connectivity index (χ2n) is 13.5. The van der Waals surface area contributed by atoms with Crippen molar-refractivity contribution in [3.63, 3.8) is 0 Å². The van der Waals surface area contributed by atoms with E-state index in [2.05, 4.69) is 26.0 Å². The van der Waals surface area contributed by atoms with Gasteiger partial charge >= 0.3 is 5.97 Å². The van der Waals surface area contributed by atoms with Gasteiger partial charge in [0.2, 0.25) is 0 Å². The highest BCUT2D eigenvalue weighted by Crippen LogP contribution is 2.48. The van der Waals surface area contributed by atoms with Crippen LogP contribution in [0.15, 0.2) is 58.7 Å². The summed E-state index contributed by atoms with van der Waals surface area (Å²) in [5.74, 6) is -2.41. The number of allylic oxidation sites excluding steroid dienone is 5. The molecule has 238 valence electrons. The Morgan fingerprint density at radius 1 is 1.16 bits per heavy atom. The van der Waals surface area contributed by atoms with Gasteiger partial charge in [-0.15, -0.1) is 0 Å². The molecule has 5 aliphatic rings. The van der Waals surface area contributed by atoms with Crippen LogP contribution in [0.4, 0.5) is 0 Å². The number of hydrogen-bond acceptors (Lipinski definition) is 8. The van der Waals surface area contributed by atoms with Crippen LogP contribution in [0.1, 0.15) is 73.6 Å². The molecule has 0 radical (unpaired) electrons. The van der Waals surface area contributed by atoms with Gasteiger partial charge in [-0.25, -0.2) is 0 Å². The number of ether oxygens (including phenoxy) is 5. The molecule has 43 heavy (non-hydrogen) atoms. The summed E-state index contributed by atoms with van der Waals surface area (Å²) in [5.41, 5.74) is 2.11. The summed E-state index contributed by atoms with van der Waals surface area (Å²) in [4.78, 5) is 14.1. The molecule has 1 aliphatic carbocycles. The number of aliphatic hydroxyl groups is 2. The zero-order valence-corrected chi connectivity index (χ0v) is 26.7. The molecule has 0 aromatic carbocycles. The van der Waals surface area contributed by atoms with E-state index in [1.165, 1.54) is 5.57 Å². The molecule has 5 rings (SSSR count). The van der Waals surface area contributed by atoms with E-state index >= 15 is 0 Å². The Kier molecular flexibility index (Phi) is 9.58. The molecule has 0 aromatic heterocycles. The van der Waals surface area contributed by atoms with Crippen molar-refractivity contribution in [1.29, 1.82) is 0 Å². The fourth-order valence-corrected chi connectivity index (χ4v) is 7.68. The van der Waals surface area contributed by atoms with Crippen LogP contribution in [-0.2, 0) is 28.5 Å². The van der Waals surface area contributed by atoms with E-state index in [4.69, 9.17) is 23.7 Å². The van der Waals surface area contributed by atoms with Gasteiger partial charge in [0.05, 0.1) is 24.9 Å². The van der Waals surface area contributed by atoms with Gasteiger partial charge in [-0.3, -0.25) is 4.79 Å². The number of rotatable bonds is 2. The quantitative estimate of drug-likeness (QED) is 0.334. The van der Waals surface area contributed by atoms with Gasteiger partial charge in [0.15, 0.2) is 5.79 Å². The Morgan fingerprint density at radius 2 is 1.93 bits per heavy atom. The highest BCUT2D eigenvalue weighted by Gasteiger charge is 2.60. The number of hydrogen-bond donors (Lipinski definition) is 2. The minimum Gasteiger partial charge on any atom is -0.462 e. The van der Waals surface area contributed by atoms with Gasteiger partial charge in [0, 0.05) is 32.3 Å². The predicted octanol–water partition coefficient (Wildman–Crippen LogP) is 5.11. The van der Waals surface area contributed by atoms with Gasteiger partial charge in [-0.05, 0) is 63.2 Å². The van der Waals surface area contributed by atoms with Crippen LogP contribution < -0.4 is 0 Å². The first kappa shape index (κ1) is 32.3. The van der Waals surface area contributed by atoms with Crippen molar-refractivity contribution in [1.82, 2.24) is 0 Å². The van der Waals surface area contributed by atoms with Crippen LogP contribution in [0.2, 0.25) is 0 Å². The summed E-state index contributed by atoms with van der Waals surface area (Å²) in [5, 5.41) is 23.5. The summed E-state index contributed by atoms with van der Waals surface area (Å²) < 4.78 is 31.5. The molecule has 1 spiro atoms. The number of carbonyl (C=O) groups is 1. The molecule has 3 saturated heterocycles. The van der Waals surface area contributed by atoms with E-state index in [-0.39, 0.29) is 30.7 Å². The largest absolute Gasteiger partial charge is 0.462 e. The van der Waals surface area contributed by atoms with Gasteiger partial charge in [0.1, 0.15) is 29.8 Å². The number of fused-ring (bicyclic) bond motifs is 2. The van der Waals surface area contributed by atoms with Crippen molar-refractivity contribution in [2.75, 3.05) is 13.7 Å². The molecular formula is C35H50O8. The van der Waals surface area contributed by atoms with Crippen molar-refractivity contribution < 1.29 is 38.7 Å². The molecular weight excluding hydrogens is 548 g/mol. The zero-order chi connectivity index (χ0) is 31.1. The average molecular weight is 599 g/mol. The van der Waals surface area contributed by atoms with Crippen LogP contribution in [0.5, 0.6) is 0 Å². The first-order chi connectivity index (χ1) is 20.4. The summed E-state index contributed by atoms with van der Waals surface area (Å²) in [7, 11) is 1.59. The fourth-order valence-electron chi connectivity index (χ4n) is 7.68. The second kappa shape index (κ2) is 12.7. The number of aliphatic hydroxyl groups excluding tert-OH is 1. The lowest BCUT2D eigenvalue weighted by atomic mass is 9.70. The molecule has 0 aromatic rings. The molecule has 8 heteroatoms. The number of esters is 1. The van der Waals surface area contributed by atoms with Crippen LogP contribution in [0, 0.1) is 17.8 Å². The van der Waals surface area contributed by atoms with E-state index < -0.39 is 47.7 Å². The Labute approximate surface area is 256 Å². The van der Waals surface area contributed by atoms with Crippen molar-refractivity contribution in [3.8, 4) is 0 Å². The molecule has 4 heterocycles. The van der Waals surface area contributed by atoms with E-state index in [1.54, 1.807) is 13.2 Å². The SMILES string of the molecule is C/C=C(\C)[C@H]1OC2(CC3CC(C/C=C(/C)C[C@@H](C)/C=C/C=C4/COC5[C@H](OC)C(C)=CC(C(=O)O3)[C@]45O)O2)C[C@H](O)[C@@H]1C. The fraction of sp³-hybridized carbons (Fsp3) is 0.686. The van der Waals surface area contributed by atoms with Gasteiger partial charge in [-0.2, -0.15) is 0 Å². The monoisotopic (exact) mass is 598 g/mol. The van der Waals surface area contributed by atoms with Crippen molar-refractivity contribution in [2.45, 2.75) is 122 Å². The first-order valence-electron chi connectivity index (χ1n) is 15.9. The number of carbonyl (C=O) groups excluding carboxylic acids is 1. The highest BCUT2D eigenvalue weighted by molar-refractivity contribution is 5.78. The molecule has 2 bridgehead atoms. The lowest BCUT2D eigenvalue weighted by molar-refractivity contribution is -0.342. The topological polar surface area (TPSA) is 104 Å². The molecule has 0 amide bonds. The minimum absolute atomic E-state index is 0.100. The smallest absolute Gasteiger partial charge is 0.316 e. The van der Waals surface area contributed by atoms with Crippen LogP contribution in [0.3, 0.4) is 0 Å². The maximum atomic E-state index is 14.1. The summed E-state index contributed by atoms with van der Waals surface area (Å²) in [6, 6.07) is 0. The molecule has 8 nitrogen and oxygen atoms in total. The maximum Gasteiger partial charge on any atom is 0.316 e. The van der Waals surface area contributed by atoms with E-state index in [0.29, 0.717) is 31.3 Å². The zero-order valence-electron chi connectivity index (χ0n) is 26.7. The molecule has 3 fully saturated rings. The van der Waals surface area contributed by atoms with Gasteiger partial charge < -0.3 is 33.9 Å². The maximum absolute atomic E-state index is 14.1. The Bertz CT molecular complexity index is 1210. The summed E-state index contributed by atoms with van der Waals surface area (Å²) >= 11 is 0.